The van der Waals surface area contributed by atoms with Crippen molar-refractivity contribution >= 4 is 23.2 Å². The van der Waals surface area contributed by atoms with Crippen LogP contribution in [0.3, 0.4) is 0 Å². The van der Waals surface area contributed by atoms with Crippen LogP contribution in [0, 0.1) is 12.8 Å². The fourth-order valence-corrected chi connectivity index (χ4v) is 3.28. The molecule has 1 unspecified atom stereocenters. The molecule has 0 radical (unpaired) electrons. The van der Waals surface area contributed by atoms with Crippen LogP contribution in [0.15, 0.2) is 36.4 Å². The summed E-state index contributed by atoms with van der Waals surface area (Å²) in [5.74, 6) is 1.83. The standard InChI is InChI=1S/C21H25ClN2O3/c1-13-10-18(19(27-3)11-17(13)22)24-20(25)12-23-21(14-4-5-14)15-6-8-16(26-2)9-7-15/h6-11,14,21,23H,4-5,12H2,1-3H3,(H,24,25). The first-order valence-corrected chi connectivity index (χ1v) is 9.41. The number of hydrogen-bond acceptors (Lipinski definition) is 4. The number of carbonyl (C=O) groups excluding carboxylic acids is 1. The van der Waals surface area contributed by atoms with Crippen molar-refractivity contribution in [1.82, 2.24) is 5.32 Å². The summed E-state index contributed by atoms with van der Waals surface area (Å²) in [6, 6.07) is 11.7. The molecule has 0 aromatic heterocycles. The zero-order valence-electron chi connectivity index (χ0n) is 15.8. The molecule has 1 fully saturated rings. The van der Waals surface area contributed by atoms with Gasteiger partial charge < -0.3 is 20.1 Å². The van der Waals surface area contributed by atoms with E-state index >= 15 is 0 Å². The van der Waals surface area contributed by atoms with Crippen LogP contribution >= 0.6 is 11.6 Å². The summed E-state index contributed by atoms with van der Waals surface area (Å²) in [4.78, 5) is 12.5. The maximum absolute atomic E-state index is 12.5. The molecule has 0 heterocycles. The average Bonchev–Trinajstić information content (AvgIpc) is 3.50. The minimum absolute atomic E-state index is 0.116. The van der Waals surface area contributed by atoms with Crippen molar-refractivity contribution < 1.29 is 14.3 Å². The summed E-state index contributed by atoms with van der Waals surface area (Å²) in [5.41, 5.74) is 2.68. The highest BCUT2D eigenvalue weighted by atomic mass is 35.5. The number of hydrogen-bond donors (Lipinski definition) is 2. The van der Waals surface area contributed by atoms with Crippen LogP contribution in [0.2, 0.25) is 5.02 Å². The largest absolute Gasteiger partial charge is 0.497 e. The Morgan fingerprint density at radius 2 is 1.89 bits per heavy atom. The van der Waals surface area contributed by atoms with Crippen LogP contribution in [-0.2, 0) is 4.79 Å². The topological polar surface area (TPSA) is 59.6 Å². The van der Waals surface area contributed by atoms with E-state index < -0.39 is 0 Å². The third-order valence-electron chi connectivity index (χ3n) is 4.81. The highest BCUT2D eigenvalue weighted by molar-refractivity contribution is 6.31. The van der Waals surface area contributed by atoms with E-state index in [9.17, 15) is 4.79 Å². The van der Waals surface area contributed by atoms with Gasteiger partial charge in [0.2, 0.25) is 5.91 Å². The van der Waals surface area contributed by atoms with Gasteiger partial charge in [0.1, 0.15) is 11.5 Å². The maximum Gasteiger partial charge on any atom is 0.238 e. The summed E-state index contributed by atoms with van der Waals surface area (Å²) >= 11 is 6.12. The number of methoxy groups -OCH3 is 2. The molecule has 1 saturated carbocycles. The Kier molecular flexibility index (Phi) is 6.24. The second kappa shape index (κ2) is 8.63. The molecule has 2 aromatic carbocycles. The van der Waals surface area contributed by atoms with Gasteiger partial charge in [-0.2, -0.15) is 0 Å². The summed E-state index contributed by atoms with van der Waals surface area (Å²) in [6.45, 7) is 2.11. The Balaban J connectivity index is 1.64. The van der Waals surface area contributed by atoms with Crippen LogP contribution in [-0.4, -0.2) is 26.7 Å². The summed E-state index contributed by atoms with van der Waals surface area (Å²) in [7, 11) is 3.21. The van der Waals surface area contributed by atoms with E-state index in [1.54, 1.807) is 20.3 Å². The van der Waals surface area contributed by atoms with Crippen LogP contribution in [0.5, 0.6) is 11.5 Å². The van der Waals surface area contributed by atoms with Crippen LogP contribution < -0.4 is 20.1 Å². The monoisotopic (exact) mass is 388 g/mol. The fraction of sp³-hybridized carbons (Fsp3) is 0.381. The lowest BCUT2D eigenvalue weighted by atomic mass is 10.0. The van der Waals surface area contributed by atoms with Gasteiger partial charge >= 0.3 is 0 Å². The van der Waals surface area contributed by atoms with Crippen molar-refractivity contribution in [2.24, 2.45) is 5.92 Å². The molecule has 27 heavy (non-hydrogen) atoms. The van der Waals surface area contributed by atoms with Gasteiger partial charge in [-0.15, -0.1) is 0 Å². The van der Waals surface area contributed by atoms with Gasteiger partial charge in [0, 0.05) is 17.1 Å². The number of amides is 1. The molecule has 1 aliphatic rings. The molecule has 2 aromatic rings. The number of nitrogens with one attached hydrogen (secondary N) is 2. The lowest BCUT2D eigenvalue weighted by Crippen LogP contribution is -2.32. The minimum atomic E-state index is -0.116. The molecular weight excluding hydrogens is 364 g/mol. The fourth-order valence-electron chi connectivity index (χ4n) is 3.12. The molecule has 0 saturated heterocycles. The summed E-state index contributed by atoms with van der Waals surface area (Å²) in [6.07, 6.45) is 2.35. The van der Waals surface area contributed by atoms with E-state index in [0.717, 1.165) is 11.3 Å². The maximum atomic E-state index is 12.5. The second-order valence-corrected chi connectivity index (χ2v) is 7.23. The predicted octanol–water partition coefficient (Wildman–Crippen LogP) is 4.35. The number of benzene rings is 2. The van der Waals surface area contributed by atoms with Crippen molar-refractivity contribution in [2.75, 3.05) is 26.1 Å². The Morgan fingerprint density at radius 3 is 2.48 bits per heavy atom. The molecular formula is C21H25ClN2O3. The highest BCUT2D eigenvalue weighted by Crippen LogP contribution is 2.41. The molecule has 0 spiro atoms. The number of aryl methyl sites for hydroxylation is 1. The smallest absolute Gasteiger partial charge is 0.238 e. The zero-order valence-corrected chi connectivity index (χ0v) is 16.6. The van der Waals surface area contributed by atoms with Crippen LogP contribution in [0.25, 0.3) is 0 Å². The quantitative estimate of drug-likeness (QED) is 0.706. The Bertz CT molecular complexity index is 804. The van der Waals surface area contributed by atoms with Crippen molar-refractivity contribution in [3.8, 4) is 11.5 Å². The number of halogens is 1. The Labute approximate surface area is 165 Å². The first-order valence-electron chi connectivity index (χ1n) is 9.03. The number of rotatable bonds is 8. The number of carbonyl (C=O) groups is 1. The van der Waals surface area contributed by atoms with Gasteiger partial charge in [-0.05, 0) is 55.0 Å². The van der Waals surface area contributed by atoms with E-state index in [1.165, 1.54) is 18.4 Å². The van der Waals surface area contributed by atoms with E-state index in [-0.39, 0.29) is 18.5 Å². The normalized spacial score (nSPS) is 14.5. The van der Waals surface area contributed by atoms with E-state index in [1.807, 2.05) is 25.1 Å². The Hall–Kier alpha value is -2.24. The molecule has 0 bridgehead atoms. The van der Waals surface area contributed by atoms with Gasteiger partial charge in [0.05, 0.1) is 26.5 Å². The van der Waals surface area contributed by atoms with Crippen LogP contribution in [0.4, 0.5) is 5.69 Å². The van der Waals surface area contributed by atoms with Crippen molar-refractivity contribution in [1.29, 1.82) is 0 Å². The minimum Gasteiger partial charge on any atom is -0.497 e. The van der Waals surface area contributed by atoms with Gasteiger partial charge in [-0.1, -0.05) is 23.7 Å². The lowest BCUT2D eigenvalue weighted by molar-refractivity contribution is -0.115. The molecule has 6 heteroatoms. The number of anilines is 1. The third-order valence-corrected chi connectivity index (χ3v) is 5.21. The lowest BCUT2D eigenvalue weighted by Gasteiger charge is -2.19. The van der Waals surface area contributed by atoms with Crippen molar-refractivity contribution in [3.05, 3.63) is 52.5 Å². The van der Waals surface area contributed by atoms with Crippen molar-refractivity contribution in [2.45, 2.75) is 25.8 Å². The van der Waals surface area contributed by atoms with Gasteiger partial charge in [-0.25, -0.2) is 0 Å². The summed E-state index contributed by atoms with van der Waals surface area (Å²) < 4.78 is 10.5. The SMILES string of the molecule is COc1ccc(C(NCC(=O)Nc2cc(C)c(Cl)cc2OC)C2CC2)cc1. The van der Waals surface area contributed by atoms with E-state index in [0.29, 0.717) is 22.4 Å². The second-order valence-electron chi connectivity index (χ2n) is 6.82. The summed E-state index contributed by atoms with van der Waals surface area (Å²) in [5, 5.41) is 6.92. The van der Waals surface area contributed by atoms with E-state index in [2.05, 4.69) is 22.8 Å². The molecule has 1 aliphatic carbocycles. The molecule has 3 rings (SSSR count). The highest BCUT2D eigenvalue weighted by Gasteiger charge is 2.32. The van der Waals surface area contributed by atoms with Crippen LogP contribution in [0.1, 0.15) is 30.0 Å². The molecule has 1 atom stereocenters. The molecule has 0 aliphatic heterocycles. The Morgan fingerprint density at radius 1 is 1.19 bits per heavy atom. The average molecular weight is 389 g/mol. The van der Waals surface area contributed by atoms with E-state index in [4.69, 9.17) is 21.1 Å². The molecule has 2 N–H and O–H groups in total. The van der Waals surface area contributed by atoms with Gasteiger partial charge in [0.25, 0.3) is 0 Å². The third kappa shape index (κ3) is 4.93. The first-order chi connectivity index (χ1) is 13.0. The van der Waals surface area contributed by atoms with Gasteiger partial charge in [0.15, 0.2) is 0 Å². The molecule has 144 valence electrons. The molecule has 1 amide bonds. The number of ether oxygens (including phenoxy) is 2. The van der Waals surface area contributed by atoms with Gasteiger partial charge in [-0.3, -0.25) is 4.79 Å². The molecule has 5 nitrogen and oxygen atoms in total. The predicted molar refractivity (Wildman–Crippen MR) is 108 cm³/mol. The zero-order chi connectivity index (χ0) is 19.4. The van der Waals surface area contributed by atoms with Crippen molar-refractivity contribution in [3.63, 3.8) is 0 Å². The first kappa shape index (κ1) is 19.5.